The molecule has 9 nitrogen and oxygen atoms in total. The fraction of sp³-hybridized carbons (Fsp3) is 0.346. The molecule has 4 aromatic rings. The van der Waals surface area contributed by atoms with Gasteiger partial charge in [-0.3, -0.25) is 4.79 Å². The summed E-state index contributed by atoms with van der Waals surface area (Å²) in [5.74, 6) is 1.74. The molecule has 35 heavy (non-hydrogen) atoms. The highest BCUT2D eigenvalue weighted by Gasteiger charge is 2.22. The number of amides is 1. The second-order valence-corrected chi connectivity index (χ2v) is 9.03. The predicted molar refractivity (Wildman–Crippen MR) is 136 cm³/mol. The van der Waals surface area contributed by atoms with Crippen LogP contribution >= 0.6 is 0 Å². The van der Waals surface area contributed by atoms with Crippen LogP contribution in [0, 0.1) is 13.8 Å². The number of hydrogen-bond acceptors (Lipinski definition) is 7. The number of anilines is 2. The second-order valence-electron chi connectivity index (χ2n) is 9.03. The number of aryl methyl sites for hydroxylation is 2. The van der Waals surface area contributed by atoms with Crippen molar-refractivity contribution in [2.24, 2.45) is 0 Å². The van der Waals surface area contributed by atoms with Crippen LogP contribution in [0.1, 0.15) is 29.7 Å². The molecule has 180 valence electrons. The molecule has 1 aliphatic rings. The van der Waals surface area contributed by atoms with Gasteiger partial charge in [-0.2, -0.15) is 5.10 Å². The topological polar surface area (TPSA) is 92.1 Å². The average Bonchev–Trinajstić information content (AvgIpc) is 3.29. The van der Waals surface area contributed by atoms with Crippen molar-refractivity contribution in [1.29, 1.82) is 0 Å². The first-order valence-corrected chi connectivity index (χ1v) is 11.9. The van der Waals surface area contributed by atoms with Crippen LogP contribution in [0.25, 0.3) is 11.0 Å². The minimum Gasteiger partial charge on any atom is -0.353 e. The van der Waals surface area contributed by atoms with Crippen molar-refractivity contribution >= 4 is 28.6 Å². The lowest BCUT2D eigenvalue weighted by Gasteiger charge is -2.36. The van der Waals surface area contributed by atoms with E-state index in [1.807, 2.05) is 31.3 Å². The molecule has 1 aromatic carbocycles. The number of nitrogens with zero attached hydrogens (tertiary/aromatic N) is 7. The van der Waals surface area contributed by atoms with Gasteiger partial charge in [-0.25, -0.2) is 19.6 Å². The Labute approximate surface area is 204 Å². The van der Waals surface area contributed by atoms with Gasteiger partial charge >= 0.3 is 0 Å². The largest absolute Gasteiger partial charge is 0.353 e. The van der Waals surface area contributed by atoms with Crippen LogP contribution in [-0.2, 0) is 11.3 Å². The zero-order valence-electron chi connectivity index (χ0n) is 20.3. The van der Waals surface area contributed by atoms with Crippen molar-refractivity contribution in [3.63, 3.8) is 0 Å². The van der Waals surface area contributed by atoms with Crippen molar-refractivity contribution in [3.05, 3.63) is 71.8 Å². The van der Waals surface area contributed by atoms with Crippen molar-refractivity contribution in [3.8, 4) is 0 Å². The number of aromatic nitrogens is 5. The zero-order valence-corrected chi connectivity index (χ0v) is 20.3. The maximum Gasteiger partial charge on any atom is 0.242 e. The van der Waals surface area contributed by atoms with Crippen LogP contribution in [0.15, 0.2) is 55.1 Å². The van der Waals surface area contributed by atoms with Gasteiger partial charge in [-0.05, 0) is 49.6 Å². The number of fused-ring (bicyclic) bond motifs is 1. The first-order chi connectivity index (χ1) is 17.0. The Bertz CT molecular complexity index is 1330. The summed E-state index contributed by atoms with van der Waals surface area (Å²) in [6, 6.07) is 12.1. The van der Waals surface area contributed by atoms with Gasteiger partial charge in [0, 0.05) is 32.4 Å². The number of rotatable bonds is 6. The monoisotopic (exact) mass is 470 g/mol. The van der Waals surface area contributed by atoms with Crippen molar-refractivity contribution in [1.82, 2.24) is 30.0 Å². The standard InChI is InChI=1S/C26H30N8O/c1-18-7-8-21(14-19(18)2)20(3)31-24(35)16-34-26-22(15-30-34)25(28-17-29-26)33-12-10-32(11-13-33)23-6-4-5-9-27-23/h4-9,14-15,17,20H,10-13,16H2,1-3H3,(H,31,35)/t20-/m1/s1. The lowest BCUT2D eigenvalue weighted by atomic mass is 10.0. The molecule has 0 aliphatic carbocycles. The quantitative estimate of drug-likeness (QED) is 0.463. The van der Waals surface area contributed by atoms with Crippen LogP contribution in [0.3, 0.4) is 0 Å². The molecule has 3 aromatic heterocycles. The first kappa shape index (κ1) is 22.8. The molecule has 0 saturated carbocycles. The molecule has 1 saturated heterocycles. The number of hydrogen-bond donors (Lipinski definition) is 1. The molecule has 1 aliphatic heterocycles. The van der Waals surface area contributed by atoms with Crippen LogP contribution in [-0.4, -0.2) is 56.8 Å². The molecule has 9 heteroatoms. The number of carbonyl (C=O) groups is 1. The smallest absolute Gasteiger partial charge is 0.242 e. The van der Waals surface area contributed by atoms with E-state index in [9.17, 15) is 4.79 Å². The van der Waals surface area contributed by atoms with Crippen LogP contribution in [0.4, 0.5) is 11.6 Å². The number of piperazine rings is 1. The van der Waals surface area contributed by atoms with Gasteiger partial charge < -0.3 is 15.1 Å². The van der Waals surface area contributed by atoms with E-state index >= 15 is 0 Å². The fourth-order valence-corrected chi connectivity index (χ4v) is 4.48. The minimum atomic E-state index is -0.107. The number of pyridine rings is 1. The SMILES string of the molecule is Cc1ccc([C@@H](C)NC(=O)Cn2ncc3c(N4CCN(c5ccccn5)CC4)ncnc32)cc1C. The molecule has 1 atom stereocenters. The third-order valence-electron chi connectivity index (χ3n) is 6.67. The number of carbonyl (C=O) groups excluding carboxylic acids is 1. The Morgan fingerprint density at radius 1 is 1.00 bits per heavy atom. The van der Waals surface area contributed by atoms with E-state index in [0.29, 0.717) is 5.65 Å². The summed E-state index contributed by atoms with van der Waals surface area (Å²) < 4.78 is 1.65. The Balaban J connectivity index is 1.26. The molecule has 5 rings (SSSR count). The van der Waals surface area contributed by atoms with E-state index in [0.717, 1.165) is 48.8 Å². The number of nitrogens with one attached hydrogen (secondary N) is 1. The lowest BCUT2D eigenvalue weighted by Crippen LogP contribution is -2.47. The van der Waals surface area contributed by atoms with Gasteiger partial charge in [0.2, 0.25) is 5.91 Å². The van der Waals surface area contributed by atoms with Gasteiger partial charge in [0.1, 0.15) is 24.5 Å². The van der Waals surface area contributed by atoms with Gasteiger partial charge in [-0.15, -0.1) is 0 Å². The summed E-state index contributed by atoms with van der Waals surface area (Å²) in [7, 11) is 0. The predicted octanol–water partition coefficient (Wildman–Crippen LogP) is 3.04. The summed E-state index contributed by atoms with van der Waals surface area (Å²) in [5.41, 5.74) is 4.20. The Morgan fingerprint density at radius 3 is 2.54 bits per heavy atom. The summed E-state index contributed by atoms with van der Waals surface area (Å²) in [6.07, 6.45) is 5.13. The summed E-state index contributed by atoms with van der Waals surface area (Å²) in [4.78, 5) is 30.8. The molecule has 1 amide bonds. The zero-order chi connectivity index (χ0) is 24.4. The molecular formula is C26H30N8O. The van der Waals surface area contributed by atoms with E-state index in [2.05, 4.69) is 67.2 Å². The van der Waals surface area contributed by atoms with Crippen LogP contribution in [0.2, 0.25) is 0 Å². The van der Waals surface area contributed by atoms with Crippen molar-refractivity contribution in [2.75, 3.05) is 36.0 Å². The molecule has 1 N–H and O–H groups in total. The van der Waals surface area contributed by atoms with E-state index < -0.39 is 0 Å². The van der Waals surface area contributed by atoms with E-state index in [1.54, 1.807) is 17.2 Å². The molecule has 0 radical (unpaired) electrons. The average molecular weight is 471 g/mol. The molecule has 4 heterocycles. The van der Waals surface area contributed by atoms with Crippen LogP contribution in [0.5, 0.6) is 0 Å². The maximum atomic E-state index is 12.8. The second kappa shape index (κ2) is 9.69. The lowest BCUT2D eigenvalue weighted by molar-refractivity contribution is -0.122. The fourth-order valence-electron chi connectivity index (χ4n) is 4.48. The minimum absolute atomic E-state index is 0.0933. The molecule has 1 fully saturated rings. The number of benzene rings is 1. The van der Waals surface area contributed by atoms with E-state index in [4.69, 9.17) is 0 Å². The van der Waals surface area contributed by atoms with Gasteiger partial charge in [-0.1, -0.05) is 24.3 Å². The Kier molecular flexibility index (Phi) is 6.31. The van der Waals surface area contributed by atoms with Crippen molar-refractivity contribution in [2.45, 2.75) is 33.4 Å². The normalized spacial score (nSPS) is 14.8. The maximum absolute atomic E-state index is 12.8. The third-order valence-corrected chi connectivity index (χ3v) is 6.67. The first-order valence-electron chi connectivity index (χ1n) is 11.9. The Hall–Kier alpha value is -4.01. The van der Waals surface area contributed by atoms with Crippen molar-refractivity contribution < 1.29 is 4.79 Å². The highest BCUT2D eigenvalue weighted by atomic mass is 16.2. The molecule has 0 unspecified atom stereocenters. The van der Waals surface area contributed by atoms with E-state index in [-0.39, 0.29) is 18.5 Å². The summed E-state index contributed by atoms with van der Waals surface area (Å²) in [5, 5.41) is 8.40. The van der Waals surface area contributed by atoms with Gasteiger partial charge in [0.05, 0.1) is 17.6 Å². The summed E-state index contributed by atoms with van der Waals surface area (Å²) in [6.45, 7) is 9.62. The van der Waals surface area contributed by atoms with Crippen LogP contribution < -0.4 is 15.1 Å². The molecule has 0 spiro atoms. The Morgan fingerprint density at radius 2 is 1.80 bits per heavy atom. The van der Waals surface area contributed by atoms with Gasteiger partial charge in [0.15, 0.2) is 5.65 Å². The van der Waals surface area contributed by atoms with E-state index in [1.165, 1.54) is 11.1 Å². The third kappa shape index (κ3) is 4.80. The highest BCUT2D eigenvalue weighted by molar-refractivity contribution is 5.88. The summed E-state index contributed by atoms with van der Waals surface area (Å²) >= 11 is 0. The van der Waals surface area contributed by atoms with Gasteiger partial charge in [0.25, 0.3) is 0 Å². The molecule has 0 bridgehead atoms. The molecular weight excluding hydrogens is 440 g/mol. The highest BCUT2D eigenvalue weighted by Crippen LogP contribution is 2.25.